The van der Waals surface area contributed by atoms with Crippen LogP contribution in [-0.4, -0.2) is 30.6 Å². The summed E-state index contributed by atoms with van der Waals surface area (Å²) in [4.78, 5) is 10.6. The van der Waals surface area contributed by atoms with E-state index >= 15 is 0 Å². The number of aldehydes is 1. The van der Waals surface area contributed by atoms with E-state index in [1.807, 2.05) is 0 Å². The number of benzene rings is 1. The number of carbonyl (C=O) groups excluding carboxylic acids is 1. The molecule has 0 spiro atoms. The summed E-state index contributed by atoms with van der Waals surface area (Å²) < 4.78 is 4.96. The standard InChI is InChI=1S/C9H11BO4/c1-6-3-9(14-2)7(5-11)4-8(6)10(12)13/h3-5,12-13H,1-2H3. The molecule has 1 rings (SSSR count). The summed E-state index contributed by atoms with van der Waals surface area (Å²) in [7, 11) is -0.115. The molecule has 0 aliphatic carbocycles. The first-order valence-corrected chi connectivity index (χ1v) is 4.10. The summed E-state index contributed by atoms with van der Waals surface area (Å²) >= 11 is 0. The van der Waals surface area contributed by atoms with Crippen LogP contribution in [0.5, 0.6) is 5.75 Å². The third-order valence-corrected chi connectivity index (χ3v) is 2.02. The Morgan fingerprint density at radius 1 is 1.43 bits per heavy atom. The van der Waals surface area contributed by atoms with Crippen LogP contribution < -0.4 is 10.2 Å². The molecule has 0 heterocycles. The zero-order chi connectivity index (χ0) is 10.7. The fourth-order valence-electron chi connectivity index (χ4n) is 1.26. The zero-order valence-corrected chi connectivity index (χ0v) is 8.02. The van der Waals surface area contributed by atoms with E-state index in [4.69, 9.17) is 14.8 Å². The first kappa shape index (κ1) is 10.8. The molecule has 4 nitrogen and oxygen atoms in total. The smallest absolute Gasteiger partial charge is 0.488 e. The molecule has 0 aromatic heterocycles. The lowest BCUT2D eigenvalue weighted by molar-refractivity contribution is 0.112. The third-order valence-electron chi connectivity index (χ3n) is 2.02. The largest absolute Gasteiger partial charge is 0.496 e. The van der Waals surface area contributed by atoms with Crippen LogP contribution >= 0.6 is 0 Å². The number of methoxy groups -OCH3 is 1. The first-order chi connectivity index (χ1) is 6.60. The van der Waals surface area contributed by atoms with Crippen LogP contribution in [0.1, 0.15) is 15.9 Å². The average molecular weight is 194 g/mol. The van der Waals surface area contributed by atoms with Gasteiger partial charge in [-0.25, -0.2) is 0 Å². The molecule has 0 atom stereocenters. The monoisotopic (exact) mass is 194 g/mol. The van der Waals surface area contributed by atoms with Crippen LogP contribution in [0, 0.1) is 6.92 Å². The van der Waals surface area contributed by atoms with Crippen molar-refractivity contribution >= 4 is 18.9 Å². The van der Waals surface area contributed by atoms with Crippen LogP contribution in [0.2, 0.25) is 0 Å². The quantitative estimate of drug-likeness (QED) is 0.502. The van der Waals surface area contributed by atoms with Gasteiger partial charge in [-0.1, -0.05) is 0 Å². The van der Waals surface area contributed by atoms with Gasteiger partial charge in [0.1, 0.15) is 5.75 Å². The topological polar surface area (TPSA) is 66.8 Å². The number of hydrogen-bond acceptors (Lipinski definition) is 4. The van der Waals surface area contributed by atoms with Crippen molar-refractivity contribution in [1.29, 1.82) is 0 Å². The van der Waals surface area contributed by atoms with Gasteiger partial charge in [0.15, 0.2) is 6.29 Å². The molecular weight excluding hydrogens is 183 g/mol. The molecule has 74 valence electrons. The van der Waals surface area contributed by atoms with Gasteiger partial charge in [0.2, 0.25) is 0 Å². The van der Waals surface area contributed by atoms with Gasteiger partial charge < -0.3 is 14.8 Å². The molecule has 0 unspecified atom stereocenters. The van der Waals surface area contributed by atoms with Crippen molar-refractivity contribution in [1.82, 2.24) is 0 Å². The minimum atomic E-state index is -1.57. The van der Waals surface area contributed by atoms with Crippen LogP contribution in [0.4, 0.5) is 0 Å². The molecule has 1 aromatic rings. The Morgan fingerprint density at radius 2 is 2.07 bits per heavy atom. The van der Waals surface area contributed by atoms with Crippen molar-refractivity contribution in [3.8, 4) is 5.75 Å². The van der Waals surface area contributed by atoms with Gasteiger partial charge in [-0.15, -0.1) is 0 Å². The highest BCUT2D eigenvalue weighted by atomic mass is 16.5. The number of carbonyl (C=O) groups is 1. The van der Waals surface area contributed by atoms with E-state index in [9.17, 15) is 4.79 Å². The maximum Gasteiger partial charge on any atom is 0.488 e. The molecule has 5 heteroatoms. The number of rotatable bonds is 3. The molecule has 0 amide bonds. The second-order valence-corrected chi connectivity index (χ2v) is 2.94. The lowest BCUT2D eigenvalue weighted by atomic mass is 9.76. The van der Waals surface area contributed by atoms with Crippen LogP contribution in [0.15, 0.2) is 12.1 Å². The molecule has 0 saturated carbocycles. The van der Waals surface area contributed by atoms with Crippen molar-refractivity contribution < 1.29 is 19.6 Å². The van der Waals surface area contributed by atoms with E-state index in [1.165, 1.54) is 13.2 Å². The lowest BCUT2D eigenvalue weighted by Gasteiger charge is -2.09. The Bertz CT molecular complexity index is 349. The van der Waals surface area contributed by atoms with Crippen molar-refractivity contribution in [3.63, 3.8) is 0 Å². The highest BCUT2D eigenvalue weighted by molar-refractivity contribution is 6.59. The minimum absolute atomic E-state index is 0.307. The fraction of sp³-hybridized carbons (Fsp3) is 0.222. The maximum absolute atomic E-state index is 10.6. The lowest BCUT2D eigenvalue weighted by Crippen LogP contribution is -2.32. The SMILES string of the molecule is COc1cc(C)c(B(O)O)cc1C=O. The molecule has 2 N–H and O–H groups in total. The molecule has 0 fully saturated rings. The molecular formula is C9H11BO4. The number of ether oxygens (including phenoxy) is 1. The maximum atomic E-state index is 10.6. The van der Waals surface area contributed by atoms with Crippen molar-refractivity contribution in [2.45, 2.75) is 6.92 Å². The first-order valence-electron chi connectivity index (χ1n) is 4.10. The Kier molecular flexibility index (Phi) is 3.27. The summed E-state index contributed by atoms with van der Waals surface area (Å²) in [5.74, 6) is 0.432. The Labute approximate surface area is 82.3 Å². The van der Waals surface area contributed by atoms with Crippen molar-refractivity contribution in [2.75, 3.05) is 7.11 Å². The van der Waals surface area contributed by atoms with E-state index < -0.39 is 7.12 Å². The van der Waals surface area contributed by atoms with Gasteiger partial charge in [-0.05, 0) is 30.1 Å². The predicted octanol–water partition coefficient (Wildman–Crippen LogP) is -0.504. The van der Waals surface area contributed by atoms with E-state index in [-0.39, 0.29) is 0 Å². The Balaban J connectivity index is 3.30. The molecule has 0 bridgehead atoms. The average Bonchev–Trinajstić information content (AvgIpc) is 2.16. The molecule has 1 aromatic carbocycles. The minimum Gasteiger partial charge on any atom is -0.496 e. The molecule has 0 radical (unpaired) electrons. The van der Waals surface area contributed by atoms with Crippen molar-refractivity contribution in [2.24, 2.45) is 0 Å². The van der Waals surface area contributed by atoms with E-state index in [2.05, 4.69) is 0 Å². The van der Waals surface area contributed by atoms with Gasteiger partial charge in [-0.2, -0.15) is 0 Å². The number of hydrogen-bond donors (Lipinski definition) is 2. The molecule has 14 heavy (non-hydrogen) atoms. The van der Waals surface area contributed by atoms with Gasteiger partial charge in [0, 0.05) is 0 Å². The summed E-state index contributed by atoms with van der Waals surface area (Å²) in [5, 5.41) is 18.0. The Hall–Kier alpha value is -1.33. The molecule has 0 aliphatic heterocycles. The van der Waals surface area contributed by atoms with Crippen molar-refractivity contribution in [3.05, 3.63) is 23.3 Å². The second kappa shape index (κ2) is 4.26. The van der Waals surface area contributed by atoms with Gasteiger partial charge in [0.05, 0.1) is 12.7 Å². The number of aryl methyl sites for hydroxylation is 1. The third kappa shape index (κ3) is 1.94. The second-order valence-electron chi connectivity index (χ2n) is 2.94. The van der Waals surface area contributed by atoms with E-state index in [0.29, 0.717) is 28.6 Å². The normalized spacial score (nSPS) is 9.71. The summed E-state index contributed by atoms with van der Waals surface area (Å²) in [6.07, 6.45) is 0.615. The highest BCUT2D eigenvalue weighted by Gasteiger charge is 2.16. The van der Waals surface area contributed by atoms with Crippen LogP contribution in [0.3, 0.4) is 0 Å². The Morgan fingerprint density at radius 3 is 2.50 bits per heavy atom. The van der Waals surface area contributed by atoms with Crippen LogP contribution in [-0.2, 0) is 0 Å². The highest BCUT2D eigenvalue weighted by Crippen LogP contribution is 2.16. The van der Waals surface area contributed by atoms with E-state index in [1.54, 1.807) is 13.0 Å². The summed E-state index contributed by atoms with van der Waals surface area (Å²) in [6.45, 7) is 1.71. The summed E-state index contributed by atoms with van der Waals surface area (Å²) in [5.41, 5.74) is 1.29. The summed E-state index contributed by atoms with van der Waals surface area (Å²) in [6, 6.07) is 3.00. The van der Waals surface area contributed by atoms with Gasteiger partial charge in [0.25, 0.3) is 0 Å². The predicted molar refractivity (Wildman–Crippen MR) is 52.9 cm³/mol. The van der Waals surface area contributed by atoms with E-state index in [0.717, 1.165) is 0 Å². The van der Waals surface area contributed by atoms with Gasteiger partial charge >= 0.3 is 7.12 Å². The fourth-order valence-corrected chi connectivity index (χ4v) is 1.26. The molecule has 0 saturated heterocycles. The van der Waals surface area contributed by atoms with Gasteiger partial charge in [-0.3, -0.25) is 4.79 Å². The molecule has 0 aliphatic rings. The zero-order valence-electron chi connectivity index (χ0n) is 8.02. The van der Waals surface area contributed by atoms with Crippen LogP contribution in [0.25, 0.3) is 0 Å².